The van der Waals surface area contributed by atoms with Crippen LogP contribution in [0.3, 0.4) is 0 Å². The summed E-state index contributed by atoms with van der Waals surface area (Å²) < 4.78 is 12.1. The summed E-state index contributed by atoms with van der Waals surface area (Å²) in [6.07, 6.45) is 8.73. The van der Waals surface area contributed by atoms with Gasteiger partial charge >= 0.3 is 0 Å². The fourth-order valence-electron chi connectivity index (χ4n) is 7.06. The van der Waals surface area contributed by atoms with Gasteiger partial charge in [0.05, 0.1) is 6.61 Å². The molecule has 0 aromatic heterocycles. The molecule has 1 aromatic carbocycles. The average molecular weight is 381 g/mol. The Morgan fingerprint density at radius 2 is 1.96 bits per heavy atom. The Kier molecular flexibility index (Phi) is 4.16. The first kappa shape index (κ1) is 18.6. The summed E-state index contributed by atoms with van der Waals surface area (Å²) in [5.74, 6) is 1.61. The molecule has 4 aliphatic rings. The predicted octanol–water partition coefficient (Wildman–Crippen LogP) is 4.95. The van der Waals surface area contributed by atoms with Crippen molar-refractivity contribution in [1.82, 2.24) is 0 Å². The van der Waals surface area contributed by atoms with Crippen LogP contribution in [0.2, 0.25) is 0 Å². The van der Waals surface area contributed by atoms with Crippen LogP contribution in [0.1, 0.15) is 52.0 Å². The van der Waals surface area contributed by atoms with Crippen molar-refractivity contribution in [2.45, 2.75) is 64.8 Å². The van der Waals surface area contributed by atoms with Crippen molar-refractivity contribution >= 4 is 5.78 Å². The summed E-state index contributed by atoms with van der Waals surface area (Å²) in [6, 6.07) is 10.3. The minimum absolute atomic E-state index is 0.0530. The highest BCUT2D eigenvalue weighted by atomic mass is 16.6. The zero-order valence-corrected chi connectivity index (χ0v) is 17.3. The number of carbonyl (C=O) groups is 1. The third-order valence-corrected chi connectivity index (χ3v) is 8.56. The van der Waals surface area contributed by atoms with Crippen LogP contribution in [0, 0.1) is 28.6 Å². The van der Waals surface area contributed by atoms with Crippen LogP contribution < -0.4 is 0 Å². The molecule has 0 amide bonds. The number of epoxide rings is 1. The van der Waals surface area contributed by atoms with E-state index in [1.165, 1.54) is 5.56 Å². The fraction of sp³-hybridized carbons (Fsp3) is 0.640. The van der Waals surface area contributed by atoms with Crippen molar-refractivity contribution in [1.29, 1.82) is 0 Å². The lowest BCUT2D eigenvalue weighted by Gasteiger charge is -2.38. The number of rotatable bonds is 7. The maximum Gasteiger partial charge on any atom is 0.169 e. The average Bonchev–Trinajstić information content (AvgIpc) is 3.15. The minimum Gasteiger partial charge on any atom is -0.377 e. The SMILES string of the molecule is C[C@@H]1[C@@H]2CC=C[C@]23[C@H](C(=O)[C@H]2O[C@]23CCCCOCc2ccccc2)C1(C)C. The lowest BCUT2D eigenvalue weighted by molar-refractivity contribution is -0.130. The van der Waals surface area contributed by atoms with Gasteiger partial charge in [-0.1, -0.05) is 63.3 Å². The molecule has 0 unspecified atom stereocenters. The molecule has 1 saturated heterocycles. The highest BCUT2D eigenvalue weighted by Gasteiger charge is 2.86. The number of ketones is 1. The Balaban J connectivity index is 1.23. The molecule has 1 aromatic rings. The zero-order chi connectivity index (χ0) is 19.6. The van der Waals surface area contributed by atoms with Crippen LogP contribution in [0.5, 0.6) is 0 Å². The number of fused-ring (bicyclic) bond motifs is 1. The number of hydrogen-bond donors (Lipinski definition) is 0. The summed E-state index contributed by atoms with van der Waals surface area (Å²) in [6.45, 7) is 8.41. The first-order chi connectivity index (χ1) is 13.4. The van der Waals surface area contributed by atoms with Crippen LogP contribution in [-0.2, 0) is 20.9 Å². The number of Topliss-reactive ketones (excluding diaryl/α,β-unsaturated/α-hetero) is 1. The maximum absolute atomic E-state index is 13.2. The molecule has 0 radical (unpaired) electrons. The van der Waals surface area contributed by atoms with E-state index in [0.29, 0.717) is 24.2 Å². The van der Waals surface area contributed by atoms with E-state index in [2.05, 4.69) is 45.1 Å². The van der Waals surface area contributed by atoms with E-state index in [0.717, 1.165) is 32.3 Å². The highest BCUT2D eigenvalue weighted by molar-refractivity contribution is 5.96. The Labute approximate surface area is 168 Å². The molecule has 0 N–H and O–H groups in total. The van der Waals surface area contributed by atoms with Gasteiger partial charge in [0.15, 0.2) is 5.78 Å². The standard InChI is InChI=1S/C25H32O3/c1-17-19-12-9-13-24(19)21(23(17,2)3)20(26)22-25(24,28-22)14-7-8-15-27-16-18-10-5-4-6-11-18/h4-6,9-11,13,17,19,21-22H,7-8,12,14-16H2,1-3H3/t17-,19+,21-,22-,24-,25-/m1/s1. The zero-order valence-electron chi connectivity index (χ0n) is 17.3. The molecule has 6 atom stereocenters. The Morgan fingerprint density at radius 1 is 1.18 bits per heavy atom. The van der Waals surface area contributed by atoms with Crippen LogP contribution >= 0.6 is 0 Å². The number of unbranched alkanes of at least 4 members (excludes halogenated alkanes) is 1. The van der Waals surface area contributed by atoms with E-state index in [-0.39, 0.29) is 28.5 Å². The third-order valence-electron chi connectivity index (χ3n) is 8.56. The second-order valence-electron chi connectivity index (χ2n) is 10.0. The van der Waals surface area contributed by atoms with Crippen LogP contribution in [0.4, 0.5) is 0 Å². The number of benzene rings is 1. The van der Waals surface area contributed by atoms with E-state index >= 15 is 0 Å². The number of carbonyl (C=O) groups excluding carboxylic acids is 1. The van der Waals surface area contributed by atoms with Gasteiger partial charge in [-0.2, -0.15) is 0 Å². The molecule has 3 fully saturated rings. The summed E-state index contributed by atoms with van der Waals surface area (Å²) in [7, 11) is 0. The van der Waals surface area contributed by atoms with Crippen LogP contribution in [0.15, 0.2) is 42.5 Å². The van der Waals surface area contributed by atoms with Gasteiger partial charge in [0.1, 0.15) is 11.7 Å². The molecule has 150 valence electrons. The first-order valence-corrected chi connectivity index (χ1v) is 11.0. The first-order valence-electron chi connectivity index (χ1n) is 11.0. The lowest BCUT2D eigenvalue weighted by atomic mass is 9.65. The molecule has 28 heavy (non-hydrogen) atoms. The van der Waals surface area contributed by atoms with Gasteiger partial charge in [-0.15, -0.1) is 0 Å². The molecule has 2 saturated carbocycles. The normalized spacial score (nSPS) is 41.8. The van der Waals surface area contributed by atoms with Gasteiger partial charge in [-0.25, -0.2) is 0 Å². The molecule has 1 aliphatic heterocycles. The molecule has 3 aliphatic carbocycles. The molecular formula is C25H32O3. The topological polar surface area (TPSA) is 38.8 Å². The van der Waals surface area contributed by atoms with Crippen molar-refractivity contribution in [2.24, 2.45) is 28.6 Å². The van der Waals surface area contributed by atoms with Crippen molar-refractivity contribution in [3.8, 4) is 0 Å². The van der Waals surface area contributed by atoms with Crippen molar-refractivity contribution in [3.63, 3.8) is 0 Å². The van der Waals surface area contributed by atoms with Crippen molar-refractivity contribution in [2.75, 3.05) is 6.61 Å². The summed E-state index contributed by atoms with van der Waals surface area (Å²) >= 11 is 0. The van der Waals surface area contributed by atoms with Crippen molar-refractivity contribution in [3.05, 3.63) is 48.0 Å². The monoisotopic (exact) mass is 380 g/mol. The number of allylic oxidation sites excluding steroid dienone is 1. The Morgan fingerprint density at radius 3 is 2.75 bits per heavy atom. The van der Waals surface area contributed by atoms with Crippen molar-refractivity contribution < 1.29 is 14.3 Å². The second kappa shape index (κ2) is 6.27. The third kappa shape index (κ3) is 2.26. The van der Waals surface area contributed by atoms with E-state index < -0.39 is 0 Å². The van der Waals surface area contributed by atoms with Gasteiger partial charge < -0.3 is 9.47 Å². The fourth-order valence-corrected chi connectivity index (χ4v) is 7.06. The summed E-state index contributed by atoms with van der Waals surface area (Å²) in [4.78, 5) is 13.2. The predicted molar refractivity (Wildman–Crippen MR) is 109 cm³/mol. The van der Waals surface area contributed by atoms with E-state index in [4.69, 9.17) is 9.47 Å². The molecule has 1 spiro atoms. The maximum atomic E-state index is 13.2. The molecule has 0 bridgehead atoms. The molecular weight excluding hydrogens is 348 g/mol. The molecule has 3 heteroatoms. The van der Waals surface area contributed by atoms with E-state index in [1.54, 1.807) is 0 Å². The van der Waals surface area contributed by atoms with Gasteiger partial charge in [-0.05, 0) is 48.5 Å². The van der Waals surface area contributed by atoms with Gasteiger partial charge in [0.2, 0.25) is 0 Å². The highest BCUT2D eigenvalue weighted by Crippen LogP contribution is 2.79. The smallest absolute Gasteiger partial charge is 0.169 e. The molecule has 1 heterocycles. The lowest BCUT2D eigenvalue weighted by Crippen LogP contribution is -2.42. The van der Waals surface area contributed by atoms with Gasteiger partial charge in [0, 0.05) is 17.9 Å². The minimum atomic E-state index is -0.228. The second-order valence-corrected chi connectivity index (χ2v) is 10.0. The Hall–Kier alpha value is -1.45. The number of hydrogen-bond acceptors (Lipinski definition) is 3. The van der Waals surface area contributed by atoms with Gasteiger partial charge in [-0.3, -0.25) is 4.79 Å². The summed E-state index contributed by atoms with van der Waals surface area (Å²) in [5, 5.41) is 0. The van der Waals surface area contributed by atoms with E-state index in [9.17, 15) is 4.79 Å². The molecule has 5 rings (SSSR count). The largest absolute Gasteiger partial charge is 0.377 e. The molecule has 3 nitrogen and oxygen atoms in total. The number of ether oxygens (including phenoxy) is 2. The van der Waals surface area contributed by atoms with Crippen LogP contribution in [0.25, 0.3) is 0 Å². The quantitative estimate of drug-likeness (QED) is 0.382. The van der Waals surface area contributed by atoms with E-state index in [1.807, 2.05) is 18.2 Å². The van der Waals surface area contributed by atoms with Crippen LogP contribution in [-0.4, -0.2) is 24.1 Å². The Bertz CT molecular complexity index is 797. The van der Waals surface area contributed by atoms with Gasteiger partial charge in [0.25, 0.3) is 0 Å². The summed E-state index contributed by atoms with van der Waals surface area (Å²) in [5.41, 5.74) is 1.00.